The van der Waals surface area contributed by atoms with Gasteiger partial charge in [-0.1, -0.05) is 0 Å². The second-order valence-electron chi connectivity index (χ2n) is 28.7. The summed E-state index contributed by atoms with van der Waals surface area (Å²) in [7, 11) is 0. The van der Waals surface area contributed by atoms with Crippen LogP contribution in [0.2, 0.25) is 0 Å². The van der Waals surface area contributed by atoms with Crippen molar-refractivity contribution in [2.75, 3.05) is 26.2 Å². The van der Waals surface area contributed by atoms with Crippen LogP contribution in [0.3, 0.4) is 0 Å². The number of carbonyl (C=O) groups excluding carboxylic acids is 2. The number of nitrogens with one attached hydrogen (secondary N) is 1. The van der Waals surface area contributed by atoms with Gasteiger partial charge < -0.3 is 15.0 Å². The Morgan fingerprint density at radius 3 is 0.740 bits per heavy atom. The van der Waals surface area contributed by atoms with Crippen molar-refractivity contribution in [1.29, 1.82) is 0 Å². The second-order valence-corrected chi connectivity index (χ2v) is 28.7. The molecular formula is C72H22N2O3. The molecule has 28 aromatic rings. The van der Waals surface area contributed by atoms with Gasteiger partial charge in [-0.2, -0.15) is 0 Å². The van der Waals surface area contributed by atoms with Crippen molar-refractivity contribution in [3.05, 3.63) is 22.3 Å². The number of amides is 1. The van der Waals surface area contributed by atoms with Gasteiger partial charge >= 0.3 is 5.97 Å². The molecule has 0 atom stereocenters. The van der Waals surface area contributed by atoms with Crippen molar-refractivity contribution in [3.8, 4) is 0 Å². The summed E-state index contributed by atoms with van der Waals surface area (Å²) in [6, 6.07) is 0. The highest BCUT2D eigenvalue weighted by Crippen LogP contribution is 2.85. The van der Waals surface area contributed by atoms with E-state index in [4.69, 9.17) is 4.74 Å². The Hall–Kier alpha value is -8.64. The third-order valence-electron chi connectivity index (χ3n) is 26.3. The maximum Gasteiger partial charge on any atom is 0.325 e. The largest absolute Gasteiger partial charge is 0.459 e. The van der Waals surface area contributed by atoms with Crippen LogP contribution in [0.1, 0.15) is 55.9 Å². The lowest BCUT2D eigenvalue weighted by Crippen LogP contribution is -2.51. The van der Waals surface area contributed by atoms with Crippen LogP contribution in [0, 0.1) is 0 Å². The summed E-state index contributed by atoms with van der Waals surface area (Å²) in [5.41, 5.74) is 5.67. The van der Waals surface area contributed by atoms with Gasteiger partial charge in [0.15, 0.2) is 0 Å². The van der Waals surface area contributed by atoms with Crippen molar-refractivity contribution in [3.63, 3.8) is 0 Å². The number of nitrogens with zero attached hydrogens (tertiary/aromatic N) is 1. The number of likely N-dealkylation sites (tertiary alicyclic amines) is 1. The van der Waals surface area contributed by atoms with E-state index in [0.29, 0.717) is 6.42 Å². The first-order valence-electron chi connectivity index (χ1n) is 28.8. The van der Waals surface area contributed by atoms with Crippen LogP contribution < -0.4 is 5.32 Å². The first-order chi connectivity index (χ1) is 37.8. The minimum absolute atomic E-state index is 0.0684. The minimum atomic E-state index is -0.593. The average molecular weight is 963 g/mol. The third-order valence-corrected chi connectivity index (χ3v) is 26.3. The molecule has 1 heterocycles. The second kappa shape index (κ2) is 7.39. The highest BCUT2D eigenvalue weighted by molar-refractivity contribution is 6.82. The average Bonchev–Trinajstić information content (AvgIpc) is 2.36. The number of hydrogen-bond acceptors (Lipinski definition) is 4. The van der Waals surface area contributed by atoms with E-state index >= 15 is 0 Å². The van der Waals surface area contributed by atoms with Gasteiger partial charge in [0.25, 0.3) is 0 Å². The molecule has 28 aromatic carbocycles. The molecule has 1 amide bonds. The third kappa shape index (κ3) is 1.89. The monoisotopic (exact) mass is 962 g/mol. The Morgan fingerprint density at radius 2 is 0.545 bits per heavy atom. The van der Waals surface area contributed by atoms with Gasteiger partial charge in [-0.05, 0) is 347 Å². The molecule has 0 aromatic heterocycles. The Kier molecular flexibility index (Phi) is 3.01. The molecule has 0 radical (unpaired) electrons. The van der Waals surface area contributed by atoms with Gasteiger partial charge in [-0.15, -0.1) is 0 Å². The summed E-state index contributed by atoms with van der Waals surface area (Å²) in [6.07, 6.45) is 1.13. The van der Waals surface area contributed by atoms with Crippen molar-refractivity contribution in [2.24, 2.45) is 0 Å². The quantitative estimate of drug-likeness (QED) is 0.133. The Bertz CT molecular complexity index is 6880. The topological polar surface area (TPSA) is 58.6 Å². The maximum absolute atomic E-state index is 13.7. The fourth-order valence-corrected chi connectivity index (χ4v) is 26.1. The Balaban J connectivity index is 0.919. The Morgan fingerprint density at radius 1 is 0.351 bits per heavy atom. The van der Waals surface area contributed by atoms with Gasteiger partial charge in [0.2, 0.25) is 5.91 Å². The van der Waals surface area contributed by atoms with Crippen LogP contribution in [0.4, 0.5) is 0 Å². The van der Waals surface area contributed by atoms with Crippen LogP contribution in [0.25, 0.3) is 291 Å². The molecule has 0 saturated carbocycles. The van der Waals surface area contributed by atoms with E-state index in [0.717, 1.165) is 26.1 Å². The van der Waals surface area contributed by atoms with Crippen LogP contribution in [0.5, 0.6) is 0 Å². The first-order valence-corrected chi connectivity index (χ1v) is 28.8. The molecule has 2 spiro atoms. The fourth-order valence-electron chi connectivity index (χ4n) is 26.1. The van der Waals surface area contributed by atoms with Crippen molar-refractivity contribution >= 4 is 303 Å². The summed E-state index contributed by atoms with van der Waals surface area (Å²) in [5, 5.41) is 91.1. The molecule has 1 fully saturated rings. The molecule has 338 valence electrons. The number of carbonyl (C=O) groups is 2. The zero-order valence-corrected chi connectivity index (χ0v) is 40.9. The molecule has 1 N–H and O–H groups in total. The zero-order valence-electron chi connectivity index (χ0n) is 40.9. The standard InChI is InChI=1S/C72H22N2O3/c1-70(2,3)77-11(76)7-73-10(75)5-4-6-74-8-71-66-58-50-40-30-22-14-12-13-16-20-18(14)26-34-28(20)38-32-24(16)25-17(13)21-19-15(12)23(22)31-37-27(19)35-29(21)39-33(25)43-42(32)52-46(38)56-48(34)54(44(50)36(26)30)62(66)64(56)68-60(52)61-53(43)47(39)57-49(35)55-45(37)51(41(31)40)59(58)67(71)63(55)65(57)69(61)72(68,71)9-74/h4-9H2,1-3H3,(H,73,75). The van der Waals surface area contributed by atoms with Gasteiger partial charge in [-0.25, -0.2) is 0 Å². The lowest BCUT2D eigenvalue weighted by molar-refractivity contribution is -0.154. The van der Waals surface area contributed by atoms with E-state index in [1.165, 1.54) is 0 Å². The van der Waals surface area contributed by atoms with E-state index < -0.39 is 5.60 Å². The van der Waals surface area contributed by atoms with Crippen molar-refractivity contribution in [1.82, 2.24) is 10.2 Å². The van der Waals surface area contributed by atoms with Crippen LogP contribution in [0.15, 0.2) is 0 Å². The predicted octanol–water partition coefficient (Wildman–Crippen LogP) is 16.8. The molecule has 0 unspecified atom stereocenters. The van der Waals surface area contributed by atoms with Crippen molar-refractivity contribution in [2.45, 2.75) is 50.0 Å². The summed E-state index contributed by atoms with van der Waals surface area (Å²) in [6.45, 7) is 8.30. The molecule has 5 heteroatoms. The van der Waals surface area contributed by atoms with Gasteiger partial charge in [0.1, 0.15) is 12.1 Å². The fraction of sp³-hybridized carbons (Fsp3) is 0.167. The molecule has 77 heavy (non-hydrogen) atoms. The smallest absolute Gasteiger partial charge is 0.325 e. The summed E-state index contributed by atoms with van der Waals surface area (Å²) in [4.78, 5) is 29.4. The van der Waals surface area contributed by atoms with E-state index in [2.05, 4.69) is 10.2 Å². The molecule has 5 aliphatic rings. The maximum atomic E-state index is 13.7. The number of esters is 1. The van der Waals surface area contributed by atoms with E-state index in [1.54, 1.807) is 313 Å². The number of benzene rings is 18. The van der Waals surface area contributed by atoms with E-state index in [1.807, 2.05) is 20.8 Å². The first kappa shape index (κ1) is 31.4. The van der Waals surface area contributed by atoms with Gasteiger partial charge in [-0.3, -0.25) is 9.59 Å². The SMILES string of the molecule is CC(C)(C)OC(=O)CNC(=O)CCCN1CC23c4c5c6c7c8c9c(c%10c%11c2c2c4c4c%12c5c5c6c6c8c8c%13c9c9c%10c%10c%11c%11c2c2c4c4c%12c%12c5c5c6c8c6c8c%13c9c9c%10c%10c%11c2c2c4c4c%12c5c6c5c8c9c%10c2c45)C73C1. The highest BCUT2D eigenvalue weighted by Gasteiger charge is 2.72. The summed E-state index contributed by atoms with van der Waals surface area (Å²) < 4.78 is 5.59. The lowest BCUT2D eigenvalue weighted by Gasteiger charge is -2.49. The molecule has 5 nitrogen and oxygen atoms in total. The van der Waals surface area contributed by atoms with Crippen LogP contribution in [-0.4, -0.2) is 48.6 Å². The molecule has 0 bridgehead atoms. The number of ether oxygens (including phenoxy) is 1. The summed E-state index contributed by atoms with van der Waals surface area (Å²) >= 11 is 0. The van der Waals surface area contributed by atoms with E-state index in [9.17, 15) is 9.59 Å². The summed E-state index contributed by atoms with van der Waals surface area (Å²) in [5.74, 6) is -0.452. The zero-order chi connectivity index (χ0) is 47.4. The van der Waals surface area contributed by atoms with Gasteiger partial charge in [0, 0.05) is 19.5 Å². The van der Waals surface area contributed by atoms with Crippen LogP contribution >= 0.6 is 0 Å². The minimum Gasteiger partial charge on any atom is -0.459 e. The lowest BCUT2D eigenvalue weighted by atomic mass is 9.50. The van der Waals surface area contributed by atoms with Crippen molar-refractivity contribution < 1.29 is 14.3 Å². The molecule has 1 saturated heterocycles. The normalized spacial score (nSPS) is 22.0. The molecular weight excluding hydrogens is 941 g/mol. The molecule has 1 aliphatic heterocycles. The predicted molar refractivity (Wildman–Crippen MR) is 318 cm³/mol. The molecule has 4 aliphatic carbocycles. The number of hydrogen-bond donors (Lipinski definition) is 1. The van der Waals surface area contributed by atoms with Crippen LogP contribution in [-0.2, 0) is 25.2 Å². The number of rotatable bonds is 6. The highest BCUT2D eigenvalue weighted by atomic mass is 16.6. The van der Waals surface area contributed by atoms with Gasteiger partial charge in [0.05, 0.1) is 10.8 Å². The van der Waals surface area contributed by atoms with E-state index in [-0.39, 0.29) is 29.3 Å². The molecule has 33 rings (SSSR count). The Labute approximate surface area is 423 Å².